The minimum Gasteiger partial charge on any atom is -0.385 e. The molecule has 0 amide bonds. The lowest BCUT2D eigenvalue weighted by atomic mass is 9.86. The average molecular weight is 537 g/mol. The molecule has 1 aliphatic heterocycles. The van der Waals surface area contributed by atoms with E-state index >= 15 is 0 Å². The van der Waals surface area contributed by atoms with Crippen LogP contribution in [0.4, 0.5) is 11.5 Å². The number of anilines is 2. The van der Waals surface area contributed by atoms with Crippen LogP contribution >= 0.6 is 0 Å². The largest absolute Gasteiger partial charge is 0.385 e. The highest BCUT2D eigenvalue weighted by Gasteiger charge is 2.15. The van der Waals surface area contributed by atoms with Crippen molar-refractivity contribution in [3.8, 4) is 12.3 Å². The maximum absolute atomic E-state index is 5.56. The summed E-state index contributed by atoms with van der Waals surface area (Å²) in [6.45, 7) is 23.9. The summed E-state index contributed by atoms with van der Waals surface area (Å²) >= 11 is 0. The SMILES string of the molecule is C#CC1C=CC(C(CC)CCNC(=C)c2cccc(C(=C)Nc3ccc(N4CCCC4)nc3)c2)=CC1.C=C.CC. The number of pyridine rings is 1. The van der Waals surface area contributed by atoms with Crippen LogP contribution in [0.5, 0.6) is 0 Å². The molecule has 4 nitrogen and oxygen atoms in total. The van der Waals surface area contributed by atoms with Gasteiger partial charge in [0.05, 0.1) is 11.9 Å². The van der Waals surface area contributed by atoms with E-state index in [4.69, 9.17) is 6.42 Å². The van der Waals surface area contributed by atoms with Crippen LogP contribution in [0.1, 0.15) is 64.0 Å². The number of benzene rings is 1. The summed E-state index contributed by atoms with van der Waals surface area (Å²) in [5.74, 6) is 4.64. The van der Waals surface area contributed by atoms with Crippen molar-refractivity contribution in [3.63, 3.8) is 0 Å². The van der Waals surface area contributed by atoms with E-state index in [9.17, 15) is 0 Å². The van der Waals surface area contributed by atoms with Gasteiger partial charge in [0.2, 0.25) is 0 Å². The van der Waals surface area contributed by atoms with Gasteiger partial charge in [-0.3, -0.25) is 0 Å². The van der Waals surface area contributed by atoms with Gasteiger partial charge in [0.15, 0.2) is 0 Å². The maximum atomic E-state index is 5.56. The van der Waals surface area contributed by atoms with Crippen molar-refractivity contribution in [1.82, 2.24) is 10.3 Å². The second-order valence-corrected chi connectivity index (χ2v) is 9.65. The Bertz CT molecular complexity index is 1180. The normalized spacial score (nSPS) is 16.2. The van der Waals surface area contributed by atoms with Gasteiger partial charge in [-0.25, -0.2) is 4.98 Å². The van der Waals surface area contributed by atoms with Crippen molar-refractivity contribution in [2.24, 2.45) is 11.8 Å². The Morgan fingerprint density at radius 1 is 1.10 bits per heavy atom. The fourth-order valence-corrected chi connectivity index (χ4v) is 4.90. The first-order chi connectivity index (χ1) is 19.6. The highest BCUT2D eigenvalue weighted by Crippen LogP contribution is 2.27. The van der Waals surface area contributed by atoms with Gasteiger partial charge in [0.1, 0.15) is 5.82 Å². The van der Waals surface area contributed by atoms with Crippen LogP contribution in [0.3, 0.4) is 0 Å². The molecule has 2 aliphatic rings. The van der Waals surface area contributed by atoms with Crippen LogP contribution in [0, 0.1) is 24.2 Å². The van der Waals surface area contributed by atoms with Crippen LogP contribution in [0.2, 0.25) is 0 Å². The molecule has 2 unspecified atom stereocenters. The molecule has 2 atom stereocenters. The molecular weight excluding hydrogens is 488 g/mol. The summed E-state index contributed by atoms with van der Waals surface area (Å²) < 4.78 is 0. The summed E-state index contributed by atoms with van der Waals surface area (Å²) in [7, 11) is 0. The van der Waals surface area contributed by atoms with Crippen molar-refractivity contribution in [2.45, 2.75) is 52.9 Å². The number of hydrogen-bond donors (Lipinski definition) is 2. The average Bonchev–Trinajstić information content (AvgIpc) is 3.57. The first-order valence-electron chi connectivity index (χ1n) is 14.6. The minimum atomic E-state index is 0.242. The Hall–Kier alpha value is -3.97. The van der Waals surface area contributed by atoms with Crippen LogP contribution < -0.4 is 15.5 Å². The predicted molar refractivity (Wildman–Crippen MR) is 177 cm³/mol. The van der Waals surface area contributed by atoms with Crippen molar-refractivity contribution in [1.29, 1.82) is 0 Å². The van der Waals surface area contributed by atoms with Crippen LogP contribution in [-0.2, 0) is 0 Å². The molecule has 1 aromatic heterocycles. The van der Waals surface area contributed by atoms with E-state index in [0.717, 1.165) is 72.9 Å². The molecule has 2 N–H and O–H groups in total. The molecule has 212 valence electrons. The van der Waals surface area contributed by atoms with E-state index in [0.29, 0.717) is 5.92 Å². The van der Waals surface area contributed by atoms with Crippen LogP contribution in [0.15, 0.2) is 92.7 Å². The molecule has 4 heteroatoms. The van der Waals surface area contributed by atoms with Crippen molar-refractivity contribution in [2.75, 3.05) is 29.9 Å². The molecule has 0 radical (unpaired) electrons. The van der Waals surface area contributed by atoms with E-state index in [1.807, 2.05) is 26.1 Å². The molecule has 2 aromatic rings. The Morgan fingerprint density at radius 2 is 1.80 bits per heavy atom. The van der Waals surface area contributed by atoms with Crippen molar-refractivity contribution in [3.05, 3.63) is 104 Å². The monoisotopic (exact) mass is 536 g/mol. The number of terminal acetylenes is 1. The zero-order chi connectivity index (χ0) is 29.3. The number of rotatable bonds is 11. The summed E-state index contributed by atoms with van der Waals surface area (Å²) in [6.07, 6.45) is 19.7. The molecule has 2 heterocycles. The van der Waals surface area contributed by atoms with E-state index in [1.54, 1.807) is 0 Å². The lowest BCUT2D eigenvalue weighted by Gasteiger charge is -2.21. The Balaban J connectivity index is 0.00000134. The third-order valence-corrected chi connectivity index (χ3v) is 7.17. The minimum absolute atomic E-state index is 0.242. The van der Waals surface area contributed by atoms with Gasteiger partial charge in [0, 0.05) is 36.9 Å². The van der Waals surface area contributed by atoms with E-state index in [-0.39, 0.29) is 5.92 Å². The highest BCUT2D eigenvalue weighted by atomic mass is 15.2. The number of aromatic nitrogens is 1. The van der Waals surface area contributed by atoms with Crippen LogP contribution in [-0.4, -0.2) is 24.6 Å². The topological polar surface area (TPSA) is 40.2 Å². The van der Waals surface area contributed by atoms with Gasteiger partial charge < -0.3 is 15.5 Å². The zero-order valence-corrected chi connectivity index (χ0v) is 24.9. The Labute approximate surface area is 243 Å². The first-order valence-corrected chi connectivity index (χ1v) is 14.6. The fourth-order valence-electron chi connectivity index (χ4n) is 4.90. The van der Waals surface area contributed by atoms with E-state index in [1.165, 1.54) is 18.4 Å². The van der Waals surface area contributed by atoms with Crippen LogP contribution in [0.25, 0.3) is 11.4 Å². The lowest BCUT2D eigenvalue weighted by Crippen LogP contribution is -2.18. The number of nitrogens with one attached hydrogen (secondary N) is 2. The molecule has 0 saturated carbocycles. The Kier molecular flexibility index (Phi) is 14.2. The summed E-state index contributed by atoms with van der Waals surface area (Å²) in [5, 5.41) is 6.93. The van der Waals surface area contributed by atoms with Gasteiger partial charge in [0.25, 0.3) is 0 Å². The smallest absolute Gasteiger partial charge is 0.128 e. The van der Waals surface area contributed by atoms with Crippen molar-refractivity contribution < 1.29 is 0 Å². The van der Waals surface area contributed by atoms with Gasteiger partial charge >= 0.3 is 0 Å². The summed E-state index contributed by atoms with van der Waals surface area (Å²) in [4.78, 5) is 6.97. The summed E-state index contributed by atoms with van der Waals surface area (Å²) in [5.41, 5.74) is 6.22. The molecule has 0 bridgehead atoms. The fraction of sp³-hybridized carbons (Fsp3) is 0.361. The molecule has 1 aliphatic carbocycles. The second kappa shape index (κ2) is 17.6. The molecule has 1 fully saturated rings. The van der Waals surface area contributed by atoms with Gasteiger partial charge in [-0.2, -0.15) is 0 Å². The molecule has 4 rings (SSSR count). The molecular formula is C36H48N4. The molecule has 40 heavy (non-hydrogen) atoms. The maximum Gasteiger partial charge on any atom is 0.128 e. The third kappa shape index (κ3) is 9.35. The molecule has 0 spiro atoms. The lowest BCUT2D eigenvalue weighted by molar-refractivity contribution is 0.538. The Morgan fingerprint density at radius 3 is 2.38 bits per heavy atom. The standard InChI is InChI=1S/C32H38N4.C2H6.C2H4/c1-5-26-12-14-28(15-13-26)27(6-2)18-19-33-24(3)29-10-9-11-30(22-29)25(4)35-31-16-17-32(34-23-31)36-20-7-8-21-36;2*1-2/h1,9-12,14-17,22-23,26-27,33,35H,3-4,6-8,13,18-21H2,2H3;1-2H3;1-2H2. The van der Waals surface area contributed by atoms with Gasteiger partial charge in [-0.15, -0.1) is 19.6 Å². The zero-order valence-electron chi connectivity index (χ0n) is 24.9. The molecule has 1 saturated heterocycles. The third-order valence-electron chi connectivity index (χ3n) is 7.17. The van der Waals surface area contributed by atoms with E-state index < -0.39 is 0 Å². The number of hydrogen-bond acceptors (Lipinski definition) is 4. The predicted octanol–water partition coefficient (Wildman–Crippen LogP) is 8.71. The number of nitrogens with zero attached hydrogens (tertiary/aromatic N) is 2. The molecule has 1 aromatic carbocycles. The van der Waals surface area contributed by atoms with Gasteiger partial charge in [-0.1, -0.05) is 76.3 Å². The van der Waals surface area contributed by atoms with E-state index in [2.05, 4.69) is 108 Å². The summed E-state index contributed by atoms with van der Waals surface area (Å²) in [6, 6.07) is 12.5. The second-order valence-electron chi connectivity index (χ2n) is 9.65. The quantitative estimate of drug-likeness (QED) is 0.223. The first kappa shape index (κ1) is 32.2. The van der Waals surface area contributed by atoms with Crippen molar-refractivity contribution >= 4 is 22.9 Å². The van der Waals surface area contributed by atoms with Gasteiger partial charge in [-0.05, 0) is 72.9 Å². The number of allylic oxidation sites excluding steroid dienone is 4. The highest BCUT2D eigenvalue weighted by molar-refractivity contribution is 5.77.